The number of benzene rings is 1. The molecular formula is C20H27N5O. The predicted molar refractivity (Wildman–Crippen MR) is 100 cm³/mol. The molecule has 4 rings (SSSR count). The van der Waals surface area contributed by atoms with Crippen LogP contribution < -0.4 is 5.32 Å². The van der Waals surface area contributed by atoms with Crippen LogP contribution in [0.25, 0.3) is 0 Å². The Morgan fingerprint density at radius 3 is 2.81 bits per heavy atom. The number of rotatable bonds is 3. The van der Waals surface area contributed by atoms with Gasteiger partial charge >= 0.3 is 0 Å². The van der Waals surface area contributed by atoms with E-state index in [1.807, 2.05) is 23.1 Å². The van der Waals surface area contributed by atoms with E-state index < -0.39 is 0 Å². The lowest BCUT2D eigenvalue weighted by molar-refractivity contribution is 0.0757. The summed E-state index contributed by atoms with van der Waals surface area (Å²) in [5, 5.41) is 12.1. The zero-order chi connectivity index (χ0) is 18.1. The quantitative estimate of drug-likeness (QED) is 0.919. The summed E-state index contributed by atoms with van der Waals surface area (Å²) in [7, 11) is 0. The van der Waals surface area contributed by atoms with Crippen LogP contribution in [-0.2, 0) is 13.0 Å². The van der Waals surface area contributed by atoms with E-state index in [9.17, 15) is 4.79 Å². The molecule has 1 unspecified atom stereocenters. The summed E-state index contributed by atoms with van der Waals surface area (Å²) in [6, 6.07) is 8.13. The molecule has 0 saturated carbocycles. The molecule has 3 heterocycles. The van der Waals surface area contributed by atoms with Crippen LogP contribution in [0.2, 0.25) is 0 Å². The van der Waals surface area contributed by atoms with Crippen molar-refractivity contribution in [2.75, 3.05) is 26.2 Å². The molecule has 6 nitrogen and oxygen atoms in total. The van der Waals surface area contributed by atoms with Gasteiger partial charge in [-0.25, -0.2) is 0 Å². The molecule has 2 aliphatic heterocycles. The van der Waals surface area contributed by atoms with E-state index in [1.54, 1.807) is 0 Å². The number of hydrogen-bond acceptors (Lipinski definition) is 4. The first-order valence-electron chi connectivity index (χ1n) is 9.66. The van der Waals surface area contributed by atoms with Gasteiger partial charge in [0.2, 0.25) is 0 Å². The standard InChI is InChI=1S/C20H27N5O/c1-14(2)19-23-22-18-8-10-24(11-12-25(18)19)20(26)17-6-4-3-5-16(17)15-7-9-21-13-15/h3-6,14-15,21H,7-13H2,1-2H3. The summed E-state index contributed by atoms with van der Waals surface area (Å²) in [4.78, 5) is 15.3. The first kappa shape index (κ1) is 17.2. The van der Waals surface area contributed by atoms with Crippen molar-refractivity contribution in [1.82, 2.24) is 25.0 Å². The van der Waals surface area contributed by atoms with Crippen molar-refractivity contribution in [3.63, 3.8) is 0 Å². The van der Waals surface area contributed by atoms with E-state index in [1.165, 1.54) is 5.56 Å². The van der Waals surface area contributed by atoms with Crippen LogP contribution in [0.4, 0.5) is 0 Å². The van der Waals surface area contributed by atoms with Gasteiger partial charge in [-0.05, 0) is 30.5 Å². The fourth-order valence-corrected chi connectivity index (χ4v) is 4.11. The maximum atomic E-state index is 13.3. The minimum atomic E-state index is 0.150. The van der Waals surface area contributed by atoms with Crippen LogP contribution in [0.5, 0.6) is 0 Å². The van der Waals surface area contributed by atoms with Crippen LogP contribution in [-0.4, -0.2) is 51.8 Å². The van der Waals surface area contributed by atoms with Gasteiger partial charge in [-0.15, -0.1) is 10.2 Å². The number of hydrogen-bond donors (Lipinski definition) is 1. The van der Waals surface area contributed by atoms with Crippen molar-refractivity contribution in [2.24, 2.45) is 0 Å². The van der Waals surface area contributed by atoms with E-state index in [-0.39, 0.29) is 5.91 Å². The molecule has 0 radical (unpaired) electrons. The molecule has 1 aromatic heterocycles. The summed E-state index contributed by atoms with van der Waals surface area (Å²) in [6.45, 7) is 8.45. The number of amides is 1. The number of fused-ring (bicyclic) bond motifs is 1. The van der Waals surface area contributed by atoms with Crippen LogP contribution >= 0.6 is 0 Å². The molecule has 1 amide bonds. The van der Waals surface area contributed by atoms with Gasteiger partial charge in [0.25, 0.3) is 5.91 Å². The first-order valence-corrected chi connectivity index (χ1v) is 9.66. The largest absolute Gasteiger partial charge is 0.336 e. The summed E-state index contributed by atoms with van der Waals surface area (Å²) in [6.07, 6.45) is 1.86. The van der Waals surface area contributed by atoms with Gasteiger partial charge in [-0.1, -0.05) is 32.0 Å². The average Bonchev–Trinajstić information content (AvgIpc) is 3.27. The van der Waals surface area contributed by atoms with E-state index in [0.29, 0.717) is 24.9 Å². The molecule has 138 valence electrons. The van der Waals surface area contributed by atoms with Crippen molar-refractivity contribution >= 4 is 5.91 Å². The van der Waals surface area contributed by atoms with Gasteiger partial charge in [0.15, 0.2) is 0 Å². The highest BCUT2D eigenvalue weighted by atomic mass is 16.2. The normalized spacial score (nSPS) is 20.3. The Labute approximate surface area is 154 Å². The fraction of sp³-hybridized carbons (Fsp3) is 0.550. The van der Waals surface area contributed by atoms with E-state index in [0.717, 1.165) is 49.7 Å². The van der Waals surface area contributed by atoms with Crippen molar-refractivity contribution in [3.05, 3.63) is 47.0 Å². The first-order chi connectivity index (χ1) is 12.6. The lowest BCUT2D eigenvalue weighted by Gasteiger charge is -2.23. The Bertz CT molecular complexity index is 791. The fourth-order valence-electron chi connectivity index (χ4n) is 4.11. The Hall–Kier alpha value is -2.21. The predicted octanol–water partition coefficient (Wildman–Crippen LogP) is 2.18. The van der Waals surface area contributed by atoms with Gasteiger partial charge in [0.05, 0.1) is 0 Å². The summed E-state index contributed by atoms with van der Waals surface area (Å²) >= 11 is 0. The molecule has 1 N–H and O–H groups in total. The van der Waals surface area contributed by atoms with Crippen molar-refractivity contribution in [2.45, 2.75) is 45.1 Å². The van der Waals surface area contributed by atoms with Gasteiger partial charge in [0, 0.05) is 44.1 Å². The second kappa shape index (κ2) is 7.19. The summed E-state index contributed by atoms with van der Waals surface area (Å²) < 4.78 is 2.20. The van der Waals surface area contributed by atoms with Crippen molar-refractivity contribution < 1.29 is 4.79 Å². The third kappa shape index (κ3) is 3.14. The second-order valence-electron chi connectivity index (χ2n) is 7.60. The van der Waals surface area contributed by atoms with Crippen LogP contribution in [0.3, 0.4) is 0 Å². The van der Waals surface area contributed by atoms with E-state index >= 15 is 0 Å². The van der Waals surface area contributed by atoms with E-state index in [2.05, 4.69) is 40.0 Å². The van der Waals surface area contributed by atoms with Crippen molar-refractivity contribution in [3.8, 4) is 0 Å². The molecule has 1 saturated heterocycles. The van der Waals surface area contributed by atoms with Crippen LogP contribution in [0.1, 0.15) is 59.7 Å². The summed E-state index contributed by atoms with van der Waals surface area (Å²) in [5.41, 5.74) is 2.05. The third-order valence-corrected chi connectivity index (χ3v) is 5.55. The Morgan fingerprint density at radius 2 is 2.04 bits per heavy atom. The van der Waals surface area contributed by atoms with Crippen LogP contribution in [0.15, 0.2) is 24.3 Å². The monoisotopic (exact) mass is 353 g/mol. The van der Waals surface area contributed by atoms with E-state index in [4.69, 9.17) is 0 Å². The van der Waals surface area contributed by atoms with Crippen LogP contribution in [0, 0.1) is 0 Å². The highest BCUT2D eigenvalue weighted by Gasteiger charge is 2.27. The third-order valence-electron chi connectivity index (χ3n) is 5.55. The SMILES string of the molecule is CC(C)c1nnc2n1CCN(C(=O)c1ccccc1C1CCNC1)CC2. The van der Waals surface area contributed by atoms with Gasteiger partial charge in [-0.2, -0.15) is 0 Å². The number of aromatic nitrogens is 3. The molecule has 0 aliphatic carbocycles. The Kier molecular flexibility index (Phi) is 4.76. The zero-order valence-electron chi connectivity index (χ0n) is 15.6. The minimum absolute atomic E-state index is 0.150. The maximum Gasteiger partial charge on any atom is 0.254 e. The number of carbonyl (C=O) groups excluding carboxylic acids is 1. The molecule has 1 fully saturated rings. The molecule has 26 heavy (non-hydrogen) atoms. The Morgan fingerprint density at radius 1 is 1.19 bits per heavy atom. The average molecular weight is 353 g/mol. The Balaban J connectivity index is 1.55. The highest BCUT2D eigenvalue weighted by Crippen LogP contribution is 2.27. The van der Waals surface area contributed by atoms with Gasteiger partial charge in [-0.3, -0.25) is 4.79 Å². The lowest BCUT2D eigenvalue weighted by Crippen LogP contribution is -2.34. The molecule has 0 spiro atoms. The highest BCUT2D eigenvalue weighted by molar-refractivity contribution is 5.96. The molecule has 0 bridgehead atoms. The van der Waals surface area contributed by atoms with Gasteiger partial charge in [0.1, 0.15) is 11.6 Å². The number of nitrogens with one attached hydrogen (secondary N) is 1. The smallest absolute Gasteiger partial charge is 0.254 e. The molecular weight excluding hydrogens is 326 g/mol. The van der Waals surface area contributed by atoms with Gasteiger partial charge < -0.3 is 14.8 Å². The minimum Gasteiger partial charge on any atom is -0.336 e. The lowest BCUT2D eigenvalue weighted by atomic mass is 9.93. The topological polar surface area (TPSA) is 63.1 Å². The number of nitrogens with zero attached hydrogens (tertiary/aromatic N) is 4. The molecule has 6 heteroatoms. The molecule has 2 aliphatic rings. The summed E-state index contributed by atoms with van der Waals surface area (Å²) in [5.74, 6) is 2.95. The second-order valence-corrected chi connectivity index (χ2v) is 7.60. The van der Waals surface area contributed by atoms with Crippen molar-refractivity contribution in [1.29, 1.82) is 0 Å². The zero-order valence-corrected chi connectivity index (χ0v) is 15.6. The molecule has 2 aromatic rings. The number of carbonyl (C=O) groups is 1. The molecule has 1 atom stereocenters. The molecule has 1 aromatic carbocycles. The maximum absolute atomic E-state index is 13.3.